The minimum Gasteiger partial charge on any atom is -0.340 e. The van der Waals surface area contributed by atoms with Crippen molar-refractivity contribution in [3.05, 3.63) is 56.2 Å². The normalized spacial score (nSPS) is 18.8. The van der Waals surface area contributed by atoms with Gasteiger partial charge in [-0.05, 0) is 19.5 Å². The number of hydrogen-bond donors (Lipinski definition) is 1. The molecule has 0 aliphatic carbocycles. The molecule has 0 bridgehead atoms. The second-order valence-electron chi connectivity index (χ2n) is 7.59. The molecule has 0 atom stereocenters. The Balaban J connectivity index is 1.50. The molecule has 28 heavy (non-hydrogen) atoms. The van der Waals surface area contributed by atoms with E-state index in [0.717, 1.165) is 44.0 Å². The summed E-state index contributed by atoms with van der Waals surface area (Å²) < 4.78 is 14.2. The van der Waals surface area contributed by atoms with E-state index in [-0.39, 0.29) is 16.4 Å². The van der Waals surface area contributed by atoms with Crippen LogP contribution in [0.5, 0.6) is 0 Å². The van der Waals surface area contributed by atoms with Crippen LogP contribution in [0.15, 0.2) is 23.0 Å². The number of piperazine rings is 1. The maximum atomic E-state index is 14.2. The van der Waals surface area contributed by atoms with Crippen LogP contribution in [0.3, 0.4) is 0 Å². The van der Waals surface area contributed by atoms with Crippen molar-refractivity contribution < 1.29 is 4.39 Å². The molecule has 2 aliphatic rings. The molecule has 0 radical (unpaired) electrons. The molecule has 0 amide bonds. The number of hydrogen-bond acceptors (Lipinski definition) is 5. The SMILES string of the molecule is CN1CCN(c2nc3c(c(=O)[nH]2)CCN(Cc2cccc(Cl)c2F)CC3)CC1. The minimum atomic E-state index is -0.362. The molecular formula is C20H25ClFN5O. The zero-order chi connectivity index (χ0) is 19.7. The minimum absolute atomic E-state index is 0.0466. The second kappa shape index (κ2) is 8.19. The maximum Gasteiger partial charge on any atom is 0.255 e. The lowest BCUT2D eigenvalue weighted by molar-refractivity contribution is 0.274. The maximum absolute atomic E-state index is 14.2. The van der Waals surface area contributed by atoms with Gasteiger partial charge in [-0.15, -0.1) is 0 Å². The number of H-pyrrole nitrogens is 1. The number of nitrogens with one attached hydrogen (secondary N) is 1. The van der Waals surface area contributed by atoms with Crippen molar-refractivity contribution in [2.24, 2.45) is 0 Å². The molecule has 2 aliphatic heterocycles. The molecule has 150 valence electrons. The monoisotopic (exact) mass is 405 g/mol. The summed E-state index contributed by atoms with van der Waals surface area (Å²) in [6.07, 6.45) is 1.30. The molecule has 1 fully saturated rings. The lowest BCUT2D eigenvalue weighted by Crippen LogP contribution is -2.45. The number of aromatic nitrogens is 2. The lowest BCUT2D eigenvalue weighted by Gasteiger charge is -2.32. The van der Waals surface area contributed by atoms with Gasteiger partial charge in [0.05, 0.1) is 10.7 Å². The zero-order valence-corrected chi connectivity index (χ0v) is 16.8. The highest BCUT2D eigenvalue weighted by molar-refractivity contribution is 6.30. The summed E-state index contributed by atoms with van der Waals surface area (Å²) in [5.41, 5.74) is 2.16. The fourth-order valence-corrected chi connectivity index (χ4v) is 4.07. The first-order valence-electron chi connectivity index (χ1n) is 9.72. The molecule has 1 saturated heterocycles. The first kappa shape index (κ1) is 19.4. The van der Waals surface area contributed by atoms with Crippen LogP contribution in [-0.4, -0.2) is 66.1 Å². The van der Waals surface area contributed by atoms with E-state index in [1.54, 1.807) is 18.2 Å². The first-order chi connectivity index (χ1) is 13.5. The van der Waals surface area contributed by atoms with E-state index in [1.165, 1.54) is 0 Å². The van der Waals surface area contributed by atoms with Crippen LogP contribution >= 0.6 is 11.6 Å². The van der Waals surface area contributed by atoms with Crippen molar-refractivity contribution in [1.29, 1.82) is 0 Å². The second-order valence-corrected chi connectivity index (χ2v) is 8.00. The molecule has 0 spiro atoms. The molecule has 6 nitrogen and oxygen atoms in total. The van der Waals surface area contributed by atoms with Crippen LogP contribution in [0.25, 0.3) is 0 Å². The van der Waals surface area contributed by atoms with Crippen LogP contribution in [0.1, 0.15) is 16.8 Å². The lowest BCUT2D eigenvalue weighted by atomic mass is 10.1. The third-order valence-corrected chi connectivity index (χ3v) is 5.95. The van der Waals surface area contributed by atoms with Crippen LogP contribution in [0.2, 0.25) is 5.02 Å². The van der Waals surface area contributed by atoms with Gasteiger partial charge >= 0.3 is 0 Å². The fourth-order valence-electron chi connectivity index (χ4n) is 3.88. The average Bonchev–Trinajstić information content (AvgIpc) is 2.89. The molecule has 1 N–H and O–H groups in total. The number of anilines is 1. The average molecular weight is 406 g/mol. The van der Waals surface area contributed by atoms with Crippen molar-refractivity contribution in [2.45, 2.75) is 19.4 Å². The number of likely N-dealkylation sites (N-methyl/N-ethyl adjacent to an activating group) is 1. The molecule has 1 aromatic carbocycles. The standard InChI is InChI=1S/C20H25ClFN5O/c1-25-9-11-27(12-10-25)20-23-17-6-8-26(7-5-15(17)19(28)24-20)13-14-3-2-4-16(21)18(14)22/h2-4H,5-13H2,1H3,(H,23,24,28). The molecule has 0 saturated carbocycles. The van der Waals surface area contributed by atoms with Crippen molar-refractivity contribution >= 4 is 17.5 Å². The van der Waals surface area contributed by atoms with Crippen molar-refractivity contribution in [2.75, 3.05) is 51.2 Å². The van der Waals surface area contributed by atoms with Crippen LogP contribution in [0.4, 0.5) is 10.3 Å². The number of nitrogens with zero attached hydrogens (tertiary/aromatic N) is 4. The summed E-state index contributed by atoms with van der Waals surface area (Å²) >= 11 is 5.90. The van der Waals surface area contributed by atoms with Crippen LogP contribution < -0.4 is 10.5 Å². The number of rotatable bonds is 3. The van der Waals surface area contributed by atoms with E-state index in [0.29, 0.717) is 37.4 Å². The summed E-state index contributed by atoms with van der Waals surface area (Å²) in [7, 11) is 2.10. The van der Waals surface area contributed by atoms with Gasteiger partial charge in [-0.25, -0.2) is 9.37 Å². The van der Waals surface area contributed by atoms with E-state index in [9.17, 15) is 9.18 Å². The molecular weight excluding hydrogens is 381 g/mol. The summed E-state index contributed by atoms with van der Waals surface area (Å²) in [5, 5.41) is 0.144. The molecule has 2 aromatic rings. The van der Waals surface area contributed by atoms with Crippen LogP contribution in [0, 0.1) is 5.82 Å². The molecule has 3 heterocycles. The van der Waals surface area contributed by atoms with Gasteiger partial charge in [-0.1, -0.05) is 23.7 Å². The summed E-state index contributed by atoms with van der Waals surface area (Å²) in [5.74, 6) is 0.311. The Morgan fingerprint density at radius 1 is 1.14 bits per heavy atom. The molecule has 0 unspecified atom stereocenters. The largest absolute Gasteiger partial charge is 0.340 e. The van der Waals surface area contributed by atoms with Gasteiger partial charge < -0.3 is 9.80 Å². The quantitative estimate of drug-likeness (QED) is 0.845. The number of benzene rings is 1. The predicted octanol–water partition coefficient (Wildman–Crippen LogP) is 1.92. The summed E-state index contributed by atoms with van der Waals surface area (Å²) in [6, 6.07) is 5.08. The highest BCUT2D eigenvalue weighted by Crippen LogP contribution is 2.21. The molecule has 4 rings (SSSR count). The van der Waals surface area contributed by atoms with E-state index in [1.807, 2.05) is 0 Å². The van der Waals surface area contributed by atoms with Gasteiger partial charge in [-0.2, -0.15) is 0 Å². The predicted molar refractivity (Wildman–Crippen MR) is 109 cm³/mol. The summed E-state index contributed by atoms with van der Waals surface area (Å²) in [6.45, 7) is 5.54. The highest BCUT2D eigenvalue weighted by Gasteiger charge is 2.22. The van der Waals surface area contributed by atoms with Crippen LogP contribution in [-0.2, 0) is 19.4 Å². The Morgan fingerprint density at radius 3 is 2.68 bits per heavy atom. The third kappa shape index (κ3) is 4.06. The third-order valence-electron chi connectivity index (χ3n) is 5.66. The van der Waals surface area contributed by atoms with Gasteiger partial charge in [0.2, 0.25) is 5.95 Å². The van der Waals surface area contributed by atoms with E-state index in [4.69, 9.17) is 16.6 Å². The molecule has 8 heteroatoms. The molecule has 1 aromatic heterocycles. The van der Waals surface area contributed by atoms with Crippen molar-refractivity contribution in [1.82, 2.24) is 19.8 Å². The van der Waals surface area contributed by atoms with Gasteiger partial charge in [-0.3, -0.25) is 14.7 Å². The van der Waals surface area contributed by atoms with Gasteiger partial charge in [0.15, 0.2) is 0 Å². The van der Waals surface area contributed by atoms with Gasteiger partial charge in [0, 0.05) is 63.4 Å². The topological polar surface area (TPSA) is 55.5 Å². The van der Waals surface area contributed by atoms with Gasteiger partial charge in [0.25, 0.3) is 5.56 Å². The summed E-state index contributed by atoms with van der Waals surface area (Å²) in [4.78, 5) is 27.0. The Hall–Kier alpha value is -1.96. The zero-order valence-electron chi connectivity index (χ0n) is 16.0. The number of halogens is 2. The fraction of sp³-hybridized carbons (Fsp3) is 0.500. The number of aromatic amines is 1. The van der Waals surface area contributed by atoms with E-state index in [2.05, 4.69) is 26.7 Å². The Labute approximate surface area is 168 Å². The van der Waals surface area contributed by atoms with E-state index < -0.39 is 0 Å². The van der Waals surface area contributed by atoms with Gasteiger partial charge in [0.1, 0.15) is 5.82 Å². The van der Waals surface area contributed by atoms with E-state index >= 15 is 0 Å². The highest BCUT2D eigenvalue weighted by atomic mass is 35.5. The Morgan fingerprint density at radius 2 is 1.89 bits per heavy atom. The number of fused-ring (bicyclic) bond motifs is 1. The smallest absolute Gasteiger partial charge is 0.255 e. The Bertz CT molecular complexity index is 910. The Kier molecular flexibility index (Phi) is 5.66. The van der Waals surface area contributed by atoms with Crippen molar-refractivity contribution in [3.8, 4) is 0 Å². The van der Waals surface area contributed by atoms with Crippen molar-refractivity contribution in [3.63, 3.8) is 0 Å². The first-order valence-corrected chi connectivity index (χ1v) is 10.1.